The number of carbonyl (C=O) groups is 1. The lowest BCUT2D eigenvalue weighted by Gasteiger charge is -2.27. The van der Waals surface area contributed by atoms with Gasteiger partial charge in [0.2, 0.25) is 5.91 Å². The van der Waals surface area contributed by atoms with Gasteiger partial charge in [0.1, 0.15) is 0 Å². The van der Waals surface area contributed by atoms with Crippen molar-refractivity contribution in [3.05, 3.63) is 18.7 Å². The molecule has 0 spiro atoms. The Balaban J connectivity index is 1.71. The van der Waals surface area contributed by atoms with Crippen LogP contribution in [0.1, 0.15) is 6.42 Å². The lowest BCUT2D eigenvalue weighted by Crippen LogP contribution is -2.48. The second-order valence-electron chi connectivity index (χ2n) is 3.71. The summed E-state index contributed by atoms with van der Waals surface area (Å²) in [5.74, 6) is 0.215. The summed E-state index contributed by atoms with van der Waals surface area (Å²) >= 11 is 0. The van der Waals surface area contributed by atoms with Crippen molar-refractivity contribution in [2.45, 2.75) is 13.0 Å². The number of amides is 1. The summed E-state index contributed by atoms with van der Waals surface area (Å²) in [4.78, 5) is 17.3. The molecule has 1 saturated heterocycles. The largest absolute Gasteiger partial charge is 0.340 e. The van der Waals surface area contributed by atoms with Crippen molar-refractivity contribution < 1.29 is 4.79 Å². The Morgan fingerprint density at radius 3 is 3.13 bits per heavy atom. The van der Waals surface area contributed by atoms with Crippen LogP contribution in [0.3, 0.4) is 0 Å². The number of carbonyl (C=O) groups excluding carboxylic acids is 1. The second kappa shape index (κ2) is 4.93. The van der Waals surface area contributed by atoms with E-state index in [2.05, 4.69) is 10.3 Å². The SMILES string of the molecule is O=C1CNCCN1CCCn1ccnc1. The predicted molar refractivity (Wildman–Crippen MR) is 56.3 cm³/mol. The van der Waals surface area contributed by atoms with Gasteiger partial charge in [0, 0.05) is 38.6 Å². The molecule has 15 heavy (non-hydrogen) atoms. The van der Waals surface area contributed by atoms with Crippen molar-refractivity contribution in [2.24, 2.45) is 0 Å². The van der Waals surface area contributed by atoms with Gasteiger partial charge in [-0.2, -0.15) is 0 Å². The van der Waals surface area contributed by atoms with Crippen LogP contribution in [0.2, 0.25) is 0 Å². The number of rotatable bonds is 4. The summed E-state index contributed by atoms with van der Waals surface area (Å²) in [6, 6.07) is 0. The van der Waals surface area contributed by atoms with Crippen molar-refractivity contribution in [3.8, 4) is 0 Å². The minimum atomic E-state index is 0.215. The summed E-state index contributed by atoms with van der Waals surface area (Å²) in [5, 5.41) is 3.06. The molecule has 0 aliphatic carbocycles. The van der Waals surface area contributed by atoms with Crippen LogP contribution < -0.4 is 5.32 Å². The lowest BCUT2D eigenvalue weighted by molar-refractivity contribution is -0.131. The molecule has 2 rings (SSSR count). The third-order valence-corrected chi connectivity index (χ3v) is 2.59. The molecule has 1 N–H and O–H groups in total. The summed E-state index contributed by atoms with van der Waals surface area (Å²) in [6.07, 6.45) is 6.51. The molecule has 0 saturated carbocycles. The van der Waals surface area contributed by atoms with Gasteiger partial charge in [0.15, 0.2) is 0 Å². The number of nitrogens with one attached hydrogen (secondary N) is 1. The number of piperazine rings is 1. The Morgan fingerprint density at radius 1 is 1.47 bits per heavy atom. The maximum absolute atomic E-state index is 11.4. The van der Waals surface area contributed by atoms with Gasteiger partial charge in [-0.1, -0.05) is 0 Å². The van der Waals surface area contributed by atoms with E-state index < -0.39 is 0 Å². The van der Waals surface area contributed by atoms with Crippen LogP contribution in [-0.4, -0.2) is 46.5 Å². The van der Waals surface area contributed by atoms with E-state index in [0.717, 1.165) is 32.6 Å². The van der Waals surface area contributed by atoms with E-state index in [1.165, 1.54) is 0 Å². The zero-order valence-electron chi connectivity index (χ0n) is 8.72. The van der Waals surface area contributed by atoms with Gasteiger partial charge in [0.05, 0.1) is 12.9 Å². The molecular formula is C10H16N4O. The quantitative estimate of drug-likeness (QED) is 0.739. The van der Waals surface area contributed by atoms with Crippen LogP contribution in [0.25, 0.3) is 0 Å². The van der Waals surface area contributed by atoms with Crippen LogP contribution in [0, 0.1) is 0 Å². The molecule has 0 bridgehead atoms. The molecule has 1 aromatic heterocycles. The van der Waals surface area contributed by atoms with Crippen LogP contribution in [0.5, 0.6) is 0 Å². The van der Waals surface area contributed by atoms with E-state index in [-0.39, 0.29) is 5.91 Å². The highest BCUT2D eigenvalue weighted by atomic mass is 16.2. The minimum Gasteiger partial charge on any atom is -0.340 e. The molecule has 5 nitrogen and oxygen atoms in total. The summed E-state index contributed by atoms with van der Waals surface area (Å²) < 4.78 is 2.03. The number of hydrogen-bond donors (Lipinski definition) is 1. The number of nitrogens with zero attached hydrogens (tertiary/aromatic N) is 3. The fourth-order valence-electron chi connectivity index (χ4n) is 1.75. The second-order valence-corrected chi connectivity index (χ2v) is 3.71. The lowest BCUT2D eigenvalue weighted by atomic mass is 10.3. The molecule has 0 radical (unpaired) electrons. The van der Waals surface area contributed by atoms with Crippen molar-refractivity contribution in [3.63, 3.8) is 0 Å². The average molecular weight is 208 g/mol. The van der Waals surface area contributed by atoms with E-state index in [9.17, 15) is 4.79 Å². The van der Waals surface area contributed by atoms with Gasteiger partial charge >= 0.3 is 0 Å². The maximum Gasteiger partial charge on any atom is 0.236 e. The molecule has 1 fully saturated rings. The monoisotopic (exact) mass is 208 g/mol. The van der Waals surface area contributed by atoms with Gasteiger partial charge < -0.3 is 14.8 Å². The van der Waals surface area contributed by atoms with Gasteiger partial charge in [0.25, 0.3) is 0 Å². The molecular weight excluding hydrogens is 192 g/mol. The van der Waals surface area contributed by atoms with E-state index >= 15 is 0 Å². The highest BCUT2D eigenvalue weighted by Crippen LogP contribution is 1.98. The number of aryl methyl sites for hydroxylation is 1. The normalized spacial score (nSPS) is 17.1. The first-order valence-electron chi connectivity index (χ1n) is 5.30. The molecule has 0 atom stereocenters. The molecule has 5 heteroatoms. The summed E-state index contributed by atoms with van der Waals surface area (Å²) in [6.45, 7) is 4.01. The highest BCUT2D eigenvalue weighted by molar-refractivity contribution is 5.78. The summed E-state index contributed by atoms with van der Waals surface area (Å²) in [7, 11) is 0. The molecule has 1 aliphatic heterocycles. The van der Waals surface area contributed by atoms with Crippen molar-refractivity contribution in [2.75, 3.05) is 26.2 Å². The minimum absolute atomic E-state index is 0.215. The first kappa shape index (κ1) is 10.2. The standard InChI is InChI=1S/C10H16N4O/c15-10-8-11-3-7-14(10)5-1-4-13-6-2-12-9-13/h2,6,9,11H,1,3-5,7-8H2. The van der Waals surface area contributed by atoms with E-state index in [4.69, 9.17) is 0 Å². The molecule has 0 aromatic carbocycles. The average Bonchev–Trinajstić information content (AvgIpc) is 2.74. The molecule has 0 unspecified atom stereocenters. The van der Waals surface area contributed by atoms with Crippen molar-refractivity contribution in [1.29, 1.82) is 0 Å². The van der Waals surface area contributed by atoms with Gasteiger partial charge in [-0.15, -0.1) is 0 Å². The topological polar surface area (TPSA) is 50.2 Å². The fourth-order valence-corrected chi connectivity index (χ4v) is 1.75. The first-order chi connectivity index (χ1) is 7.36. The van der Waals surface area contributed by atoms with Crippen LogP contribution >= 0.6 is 0 Å². The Hall–Kier alpha value is -1.36. The third kappa shape index (κ3) is 2.79. The Bertz CT molecular complexity index is 309. The number of imidazole rings is 1. The zero-order chi connectivity index (χ0) is 10.5. The maximum atomic E-state index is 11.4. The van der Waals surface area contributed by atoms with E-state index in [1.54, 1.807) is 12.5 Å². The van der Waals surface area contributed by atoms with Crippen LogP contribution in [0.15, 0.2) is 18.7 Å². The predicted octanol–water partition coefficient (Wildman–Crippen LogP) is -0.295. The van der Waals surface area contributed by atoms with Crippen molar-refractivity contribution >= 4 is 5.91 Å². The van der Waals surface area contributed by atoms with Gasteiger partial charge in [-0.25, -0.2) is 4.98 Å². The van der Waals surface area contributed by atoms with Crippen LogP contribution in [-0.2, 0) is 11.3 Å². The number of aromatic nitrogens is 2. The smallest absolute Gasteiger partial charge is 0.236 e. The Morgan fingerprint density at radius 2 is 2.40 bits per heavy atom. The summed E-state index contributed by atoms with van der Waals surface area (Å²) in [5.41, 5.74) is 0. The molecule has 82 valence electrons. The Kier molecular flexibility index (Phi) is 3.34. The van der Waals surface area contributed by atoms with Crippen LogP contribution in [0.4, 0.5) is 0 Å². The first-order valence-corrected chi connectivity index (χ1v) is 5.30. The van der Waals surface area contributed by atoms with E-state index in [1.807, 2.05) is 15.7 Å². The number of hydrogen-bond acceptors (Lipinski definition) is 3. The van der Waals surface area contributed by atoms with E-state index in [0.29, 0.717) is 6.54 Å². The highest BCUT2D eigenvalue weighted by Gasteiger charge is 2.16. The molecule has 1 amide bonds. The third-order valence-electron chi connectivity index (χ3n) is 2.59. The fraction of sp³-hybridized carbons (Fsp3) is 0.600. The Labute approximate surface area is 89.1 Å². The zero-order valence-corrected chi connectivity index (χ0v) is 8.72. The molecule has 1 aliphatic rings. The molecule has 2 heterocycles. The molecule has 1 aromatic rings. The van der Waals surface area contributed by atoms with Gasteiger partial charge in [-0.3, -0.25) is 4.79 Å². The van der Waals surface area contributed by atoms with Gasteiger partial charge in [-0.05, 0) is 6.42 Å². The van der Waals surface area contributed by atoms with Crippen molar-refractivity contribution in [1.82, 2.24) is 19.8 Å².